The highest BCUT2D eigenvalue weighted by molar-refractivity contribution is 8.00. The van der Waals surface area contributed by atoms with Gasteiger partial charge in [0, 0.05) is 22.8 Å². The number of thiazole rings is 1. The number of nitrogens with zero attached hydrogens (tertiary/aromatic N) is 2. The summed E-state index contributed by atoms with van der Waals surface area (Å²) in [5.41, 5.74) is 2.65. The van der Waals surface area contributed by atoms with E-state index in [0.29, 0.717) is 10.0 Å². The molecule has 0 unspecified atom stereocenters. The van der Waals surface area contributed by atoms with Crippen molar-refractivity contribution in [2.45, 2.75) is 11.9 Å². The number of anilines is 1. The van der Waals surface area contributed by atoms with Gasteiger partial charge in [0.25, 0.3) is 0 Å². The molecule has 1 amide bonds. The first-order valence-corrected chi connectivity index (χ1v) is 9.42. The van der Waals surface area contributed by atoms with Crippen molar-refractivity contribution >= 4 is 46.3 Å². The van der Waals surface area contributed by atoms with Crippen molar-refractivity contribution < 1.29 is 4.79 Å². The Hall–Kier alpha value is -1.89. The van der Waals surface area contributed by atoms with Gasteiger partial charge in [0.05, 0.1) is 21.5 Å². The normalized spacial score (nSPS) is 10.6. The Morgan fingerprint density at radius 2 is 2.21 bits per heavy atom. The monoisotopic (exact) mass is 375 g/mol. The molecule has 7 heteroatoms. The van der Waals surface area contributed by atoms with E-state index in [1.165, 1.54) is 11.8 Å². The molecule has 0 bridgehead atoms. The summed E-state index contributed by atoms with van der Waals surface area (Å²) in [7, 11) is 0. The number of aromatic nitrogens is 2. The number of halogens is 1. The van der Waals surface area contributed by atoms with Crippen molar-refractivity contribution in [3.63, 3.8) is 0 Å². The minimum absolute atomic E-state index is 0.103. The van der Waals surface area contributed by atoms with Crippen LogP contribution >= 0.6 is 34.7 Å². The van der Waals surface area contributed by atoms with Gasteiger partial charge in [0.15, 0.2) is 0 Å². The lowest BCUT2D eigenvalue weighted by Crippen LogP contribution is -2.14. The predicted octanol–water partition coefficient (Wildman–Crippen LogP) is 4.90. The maximum atomic E-state index is 12.1. The lowest BCUT2D eigenvalue weighted by Gasteiger charge is -2.07. The summed E-state index contributed by atoms with van der Waals surface area (Å²) in [6.45, 7) is 1.97. The van der Waals surface area contributed by atoms with E-state index in [-0.39, 0.29) is 11.7 Å². The number of rotatable bonds is 5. The highest BCUT2D eigenvalue weighted by atomic mass is 35.5. The molecule has 1 N–H and O–H groups in total. The van der Waals surface area contributed by atoms with E-state index in [2.05, 4.69) is 15.3 Å². The van der Waals surface area contributed by atoms with Gasteiger partial charge in [0.1, 0.15) is 5.03 Å². The molecule has 4 nitrogen and oxygen atoms in total. The van der Waals surface area contributed by atoms with E-state index in [4.69, 9.17) is 11.6 Å². The smallest absolute Gasteiger partial charge is 0.234 e. The summed E-state index contributed by atoms with van der Waals surface area (Å²) in [5.74, 6) is 0.143. The SMILES string of the molecule is Cc1nc(-c2cccc(NC(=O)CSc3ncccc3Cl)c2)cs1. The van der Waals surface area contributed by atoms with Crippen LogP contribution in [0.2, 0.25) is 5.02 Å². The van der Waals surface area contributed by atoms with E-state index in [1.54, 1.807) is 29.7 Å². The molecule has 122 valence electrons. The molecule has 1 aromatic carbocycles. The quantitative estimate of drug-likeness (QED) is 0.644. The Labute approximate surface area is 153 Å². The zero-order valence-electron chi connectivity index (χ0n) is 12.8. The van der Waals surface area contributed by atoms with Crippen molar-refractivity contribution in [3.8, 4) is 11.3 Å². The van der Waals surface area contributed by atoms with E-state index in [0.717, 1.165) is 22.0 Å². The molecule has 2 heterocycles. The Morgan fingerprint density at radius 3 is 2.96 bits per heavy atom. The highest BCUT2D eigenvalue weighted by Crippen LogP contribution is 2.26. The third-order valence-electron chi connectivity index (χ3n) is 3.13. The molecule has 0 atom stereocenters. The topological polar surface area (TPSA) is 54.9 Å². The van der Waals surface area contributed by atoms with Crippen molar-refractivity contribution in [2.24, 2.45) is 0 Å². The van der Waals surface area contributed by atoms with Crippen LogP contribution in [-0.4, -0.2) is 21.6 Å². The van der Waals surface area contributed by atoms with Crippen LogP contribution in [0.15, 0.2) is 53.0 Å². The van der Waals surface area contributed by atoms with Crippen LogP contribution in [0.1, 0.15) is 5.01 Å². The maximum Gasteiger partial charge on any atom is 0.234 e. The number of thioether (sulfide) groups is 1. The number of aryl methyl sites for hydroxylation is 1. The summed E-state index contributed by atoms with van der Waals surface area (Å²) in [4.78, 5) is 20.8. The maximum absolute atomic E-state index is 12.1. The fraction of sp³-hybridized carbons (Fsp3) is 0.118. The average molecular weight is 376 g/mol. The minimum atomic E-state index is -0.103. The van der Waals surface area contributed by atoms with Gasteiger partial charge in [-0.25, -0.2) is 9.97 Å². The van der Waals surface area contributed by atoms with Crippen molar-refractivity contribution in [2.75, 3.05) is 11.1 Å². The Kier molecular flexibility index (Phi) is 5.50. The van der Waals surface area contributed by atoms with Crippen LogP contribution in [0.25, 0.3) is 11.3 Å². The fourth-order valence-electron chi connectivity index (χ4n) is 2.06. The van der Waals surface area contributed by atoms with Gasteiger partial charge in [0.2, 0.25) is 5.91 Å². The average Bonchev–Trinajstić information content (AvgIpc) is 3.01. The second-order valence-electron chi connectivity index (χ2n) is 4.96. The summed E-state index contributed by atoms with van der Waals surface area (Å²) in [6.07, 6.45) is 1.66. The molecule has 0 spiro atoms. The molecule has 0 fully saturated rings. The van der Waals surface area contributed by atoms with Gasteiger partial charge in [-0.2, -0.15) is 0 Å². The zero-order chi connectivity index (χ0) is 16.9. The lowest BCUT2D eigenvalue weighted by molar-refractivity contribution is -0.113. The summed E-state index contributed by atoms with van der Waals surface area (Å²) in [6, 6.07) is 11.2. The predicted molar refractivity (Wildman–Crippen MR) is 101 cm³/mol. The number of amides is 1. The van der Waals surface area contributed by atoms with Gasteiger partial charge < -0.3 is 5.32 Å². The number of carbonyl (C=O) groups is 1. The second-order valence-corrected chi connectivity index (χ2v) is 7.39. The number of pyridine rings is 1. The molecule has 3 aromatic rings. The molecule has 3 rings (SSSR count). The van der Waals surface area contributed by atoms with Crippen LogP contribution in [-0.2, 0) is 4.79 Å². The van der Waals surface area contributed by atoms with Gasteiger partial charge in [-0.05, 0) is 31.2 Å². The lowest BCUT2D eigenvalue weighted by atomic mass is 10.1. The first-order chi connectivity index (χ1) is 11.6. The summed E-state index contributed by atoms with van der Waals surface area (Å²) in [5, 5.41) is 7.13. The van der Waals surface area contributed by atoms with Gasteiger partial charge in [-0.1, -0.05) is 35.5 Å². The molecule has 24 heavy (non-hydrogen) atoms. The van der Waals surface area contributed by atoms with Crippen LogP contribution in [0.3, 0.4) is 0 Å². The standard InChI is InChI=1S/C17H14ClN3OS2/c1-11-20-15(9-23-11)12-4-2-5-13(8-12)21-16(22)10-24-17-14(18)6-3-7-19-17/h2-9H,10H2,1H3,(H,21,22). The van der Waals surface area contributed by atoms with Gasteiger partial charge in [-0.15, -0.1) is 11.3 Å². The Morgan fingerprint density at radius 1 is 1.33 bits per heavy atom. The Balaban J connectivity index is 1.63. The molecule has 0 radical (unpaired) electrons. The molecule has 0 saturated heterocycles. The fourth-order valence-corrected chi connectivity index (χ4v) is 3.65. The van der Waals surface area contributed by atoms with Gasteiger partial charge in [-0.3, -0.25) is 4.79 Å². The zero-order valence-corrected chi connectivity index (χ0v) is 15.2. The number of hydrogen-bond acceptors (Lipinski definition) is 5. The number of benzene rings is 1. The molecule has 2 aromatic heterocycles. The number of nitrogens with one attached hydrogen (secondary N) is 1. The third kappa shape index (κ3) is 4.35. The third-order valence-corrected chi connectivity index (χ3v) is 5.32. The first kappa shape index (κ1) is 17.0. The van der Waals surface area contributed by atoms with Crippen LogP contribution < -0.4 is 5.32 Å². The molecular formula is C17H14ClN3OS2. The minimum Gasteiger partial charge on any atom is -0.325 e. The van der Waals surface area contributed by atoms with E-state index >= 15 is 0 Å². The van der Waals surface area contributed by atoms with Gasteiger partial charge >= 0.3 is 0 Å². The van der Waals surface area contributed by atoms with Crippen molar-refractivity contribution in [1.29, 1.82) is 0 Å². The molecule has 0 aliphatic carbocycles. The van der Waals surface area contributed by atoms with Crippen LogP contribution in [0, 0.1) is 6.92 Å². The molecule has 0 aliphatic rings. The first-order valence-electron chi connectivity index (χ1n) is 7.17. The van der Waals surface area contributed by atoms with E-state index in [9.17, 15) is 4.79 Å². The number of carbonyl (C=O) groups excluding carboxylic acids is 1. The molecular weight excluding hydrogens is 362 g/mol. The van der Waals surface area contributed by atoms with E-state index in [1.807, 2.05) is 36.6 Å². The largest absolute Gasteiger partial charge is 0.325 e. The van der Waals surface area contributed by atoms with Crippen molar-refractivity contribution in [1.82, 2.24) is 9.97 Å². The summed E-state index contributed by atoms with van der Waals surface area (Å²) >= 11 is 8.95. The molecule has 0 aliphatic heterocycles. The van der Waals surface area contributed by atoms with Crippen molar-refractivity contribution in [3.05, 3.63) is 58.0 Å². The second kappa shape index (κ2) is 7.79. The van der Waals surface area contributed by atoms with E-state index < -0.39 is 0 Å². The Bertz CT molecular complexity index is 866. The van der Waals surface area contributed by atoms with Crippen LogP contribution in [0.4, 0.5) is 5.69 Å². The van der Waals surface area contributed by atoms with Crippen LogP contribution in [0.5, 0.6) is 0 Å². The summed E-state index contributed by atoms with van der Waals surface area (Å²) < 4.78 is 0. The highest BCUT2D eigenvalue weighted by Gasteiger charge is 2.08. The molecule has 0 saturated carbocycles. The number of hydrogen-bond donors (Lipinski definition) is 1.